The fraction of sp³-hybridized carbons (Fsp3) is 0.333. The van der Waals surface area contributed by atoms with E-state index >= 15 is 0 Å². The smallest absolute Gasteiger partial charge is 0.337 e. The number of hydrogen-bond donors (Lipinski definition) is 1. The van der Waals surface area contributed by atoms with Gasteiger partial charge in [0.05, 0.1) is 15.5 Å². The number of piperidine rings is 1. The van der Waals surface area contributed by atoms with Crippen LogP contribution in [0.15, 0.2) is 23.1 Å². The molecule has 0 radical (unpaired) electrons. The third-order valence-electron chi connectivity index (χ3n) is 3.04. The molecule has 0 atom stereocenters. The Kier molecular flexibility index (Phi) is 4.01. The summed E-state index contributed by atoms with van der Waals surface area (Å²) in [5.41, 5.74) is -0.308. The maximum Gasteiger partial charge on any atom is 0.337 e. The van der Waals surface area contributed by atoms with Crippen molar-refractivity contribution in [3.8, 4) is 0 Å². The second-order valence-corrected chi connectivity index (χ2v) is 6.64. The number of nitrogens with zero attached hydrogens (tertiary/aromatic N) is 1. The summed E-state index contributed by atoms with van der Waals surface area (Å²) in [6.07, 6.45) is 1.44. The van der Waals surface area contributed by atoms with Gasteiger partial charge in [-0.3, -0.25) is 4.79 Å². The average molecular weight is 318 g/mol. The number of amides is 1. The standard InChI is InChI=1S/C12H12ClNO5S/c13-10-5-4-8(7-9(10)12(16)17)20(18,19)14-6-2-1-3-11(14)15/h4-5,7H,1-3,6H2,(H,16,17). The van der Waals surface area contributed by atoms with Crippen LogP contribution < -0.4 is 0 Å². The lowest BCUT2D eigenvalue weighted by Gasteiger charge is -2.26. The molecular formula is C12H12ClNO5S. The predicted molar refractivity (Wildman–Crippen MR) is 71.2 cm³/mol. The molecule has 108 valence electrons. The molecule has 1 N–H and O–H groups in total. The van der Waals surface area contributed by atoms with E-state index in [4.69, 9.17) is 16.7 Å². The van der Waals surface area contributed by atoms with Crippen molar-refractivity contribution in [2.75, 3.05) is 6.54 Å². The molecule has 20 heavy (non-hydrogen) atoms. The number of rotatable bonds is 3. The first-order chi connectivity index (χ1) is 9.34. The van der Waals surface area contributed by atoms with Gasteiger partial charge in [-0.25, -0.2) is 17.5 Å². The number of sulfonamides is 1. The monoisotopic (exact) mass is 317 g/mol. The lowest BCUT2D eigenvalue weighted by atomic mass is 10.2. The van der Waals surface area contributed by atoms with Gasteiger partial charge in [-0.2, -0.15) is 0 Å². The van der Waals surface area contributed by atoms with E-state index in [9.17, 15) is 18.0 Å². The Morgan fingerprint density at radius 1 is 1.30 bits per heavy atom. The molecule has 1 saturated heterocycles. The Hall–Kier alpha value is -1.60. The number of carbonyl (C=O) groups excluding carboxylic acids is 1. The molecule has 0 aliphatic carbocycles. The summed E-state index contributed by atoms with van der Waals surface area (Å²) in [7, 11) is -4.02. The van der Waals surface area contributed by atoms with Crippen LogP contribution in [0.25, 0.3) is 0 Å². The van der Waals surface area contributed by atoms with Crippen LogP contribution in [0.2, 0.25) is 5.02 Å². The first-order valence-corrected chi connectivity index (χ1v) is 7.74. The molecule has 1 heterocycles. The highest BCUT2D eigenvalue weighted by Gasteiger charge is 2.31. The van der Waals surface area contributed by atoms with Crippen molar-refractivity contribution in [1.82, 2.24) is 4.31 Å². The van der Waals surface area contributed by atoms with Crippen LogP contribution in [0.3, 0.4) is 0 Å². The summed E-state index contributed by atoms with van der Waals surface area (Å²) < 4.78 is 25.5. The second kappa shape index (κ2) is 5.41. The van der Waals surface area contributed by atoms with Gasteiger partial charge in [-0.15, -0.1) is 0 Å². The quantitative estimate of drug-likeness (QED) is 0.916. The van der Waals surface area contributed by atoms with Gasteiger partial charge in [0, 0.05) is 13.0 Å². The van der Waals surface area contributed by atoms with E-state index in [1.54, 1.807) is 0 Å². The van der Waals surface area contributed by atoms with E-state index in [1.807, 2.05) is 0 Å². The van der Waals surface area contributed by atoms with Crippen LogP contribution in [-0.2, 0) is 14.8 Å². The normalized spacial score (nSPS) is 16.2. The molecular weight excluding hydrogens is 306 g/mol. The van der Waals surface area contributed by atoms with Gasteiger partial charge >= 0.3 is 5.97 Å². The van der Waals surface area contributed by atoms with Crippen molar-refractivity contribution in [2.24, 2.45) is 0 Å². The van der Waals surface area contributed by atoms with Crippen LogP contribution in [0.5, 0.6) is 0 Å². The Balaban J connectivity index is 2.46. The average Bonchev–Trinajstić information content (AvgIpc) is 2.38. The molecule has 1 amide bonds. The van der Waals surface area contributed by atoms with E-state index in [1.165, 1.54) is 12.1 Å². The van der Waals surface area contributed by atoms with E-state index in [-0.39, 0.29) is 28.4 Å². The number of benzene rings is 1. The minimum Gasteiger partial charge on any atom is -0.478 e. The van der Waals surface area contributed by atoms with Crippen molar-refractivity contribution in [3.63, 3.8) is 0 Å². The minimum absolute atomic E-state index is 0.0542. The van der Waals surface area contributed by atoms with E-state index in [0.29, 0.717) is 12.8 Å². The number of hydrogen-bond acceptors (Lipinski definition) is 4. The Bertz CT molecular complexity index is 670. The largest absolute Gasteiger partial charge is 0.478 e. The molecule has 6 nitrogen and oxygen atoms in total. The van der Waals surface area contributed by atoms with Gasteiger partial charge in [-0.05, 0) is 31.0 Å². The molecule has 8 heteroatoms. The minimum atomic E-state index is -4.02. The fourth-order valence-corrected chi connectivity index (χ4v) is 3.68. The SMILES string of the molecule is O=C(O)c1cc(S(=O)(=O)N2CCCCC2=O)ccc1Cl. The van der Waals surface area contributed by atoms with Crippen LogP contribution in [0.1, 0.15) is 29.6 Å². The van der Waals surface area contributed by atoms with Gasteiger partial charge in [0.15, 0.2) is 0 Å². The number of carboxylic acids is 1. The van der Waals surface area contributed by atoms with Crippen molar-refractivity contribution >= 4 is 33.5 Å². The summed E-state index contributed by atoms with van der Waals surface area (Å²) in [6.45, 7) is 0.117. The summed E-state index contributed by atoms with van der Waals surface area (Å²) >= 11 is 5.70. The number of carbonyl (C=O) groups is 2. The molecule has 0 unspecified atom stereocenters. The highest BCUT2D eigenvalue weighted by molar-refractivity contribution is 7.89. The van der Waals surface area contributed by atoms with E-state index < -0.39 is 21.9 Å². The number of aromatic carboxylic acids is 1. The zero-order valence-corrected chi connectivity index (χ0v) is 11.9. The second-order valence-electron chi connectivity index (χ2n) is 4.37. The summed E-state index contributed by atoms with van der Waals surface area (Å²) in [5, 5.41) is 8.90. The summed E-state index contributed by atoms with van der Waals surface area (Å²) in [5.74, 6) is -1.79. The first-order valence-electron chi connectivity index (χ1n) is 5.92. The van der Waals surface area contributed by atoms with E-state index in [0.717, 1.165) is 10.4 Å². The van der Waals surface area contributed by atoms with Crippen LogP contribution in [0, 0.1) is 0 Å². The molecule has 0 saturated carbocycles. The number of carboxylic acid groups (broad SMARTS) is 1. The third-order valence-corrected chi connectivity index (χ3v) is 5.18. The van der Waals surface area contributed by atoms with Crippen molar-refractivity contribution in [3.05, 3.63) is 28.8 Å². The Labute approximate surface area is 121 Å². The summed E-state index contributed by atoms with van der Waals surface area (Å²) in [4.78, 5) is 22.4. The molecule has 1 aliphatic heterocycles. The van der Waals surface area contributed by atoms with Crippen molar-refractivity contribution in [1.29, 1.82) is 0 Å². The Morgan fingerprint density at radius 2 is 2.00 bits per heavy atom. The molecule has 1 aliphatic rings. The molecule has 0 bridgehead atoms. The zero-order valence-electron chi connectivity index (χ0n) is 10.4. The number of halogens is 1. The molecule has 1 fully saturated rings. The highest BCUT2D eigenvalue weighted by atomic mass is 35.5. The van der Waals surface area contributed by atoms with Crippen LogP contribution >= 0.6 is 11.6 Å². The third kappa shape index (κ3) is 2.64. The molecule has 1 aromatic carbocycles. The maximum absolute atomic E-state index is 12.4. The molecule has 0 spiro atoms. The first kappa shape index (κ1) is 14.8. The predicted octanol–water partition coefficient (Wildman–Crippen LogP) is 1.74. The molecule has 2 rings (SSSR count). The maximum atomic E-state index is 12.4. The van der Waals surface area contributed by atoms with E-state index in [2.05, 4.69) is 0 Å². The zero-order chi connectivity index (χ0) is 14.9. The van der Waals surface area contributed by atoms with Gasteiger partial charge in [0.25, 0.3) is 10.0 Å². The van der Waals surface area contributed by atoms with Gasteiger partial charge in [-0.1, -0.05) is 11.6 Å². The lowest BCUT2D eigenvalue weighted by molar-refractivity contribution is -0.128. The van der Waals surface area contributed by atoms with Gasteiger partial charge in [0.1, 0.15) is 0 Å². The van der Waals surface area contributed by atoms with Gasteiger partial charge < -0.3 is 5.11 Å². The topological polar surface area (TPSA) is 91.8 Å². The van der Waals surface area contributed by atoms with Crippen LogP contribution in [-0.4, -0.2) is 36.3 Å². The summed E-state index contributed by atoms with van der Waals surface area (Å²) in [6, 6.07) is 3.38. The van der Waals surface area contributed by atoms with Crippen molar-refractivity contribution in [2.45, 2.75) is 24.2 Å². The molecule has 1 aromatic rings. The van der Waals surface area contributed by atoms with Crippen LogP contribution in [0.4, 0.5) is 0 Å². The van der Waals surface area contributed by atoms with Crippen molar-refractivity contribution < 1.29 is 23.1 Å². The fourth-order valence-electron chi connectivity index (χ4n) is 1.99. The van der Waals surface area contributed by atoms with Gasteiger partial charge in [0.2, 0.25) is 5.91 Å². The lowest BCUT2D eigenvalue weighted by Crippen LogP contribution is -2.40. The Morgan fingerprint density at radius 3 is 2.60 bits per heavy atom. The molecule has 0 aromatic heterocycles. The highest BCUT2D eigenvalue weighted by Crippen LogP contribution is 2.25.